The molecule has 2 amide bonds. The lowest BCUT2D eigenvalue weighted by Crippen LogP contribution is -2.46. The molecule has 1 aromatic rings. The molecule has 0 aliphatic carbocycles. The first kappa shape index (κ1) is 13.5. The molecule has 0 fully saturated rings. The van der Waals surface area contributed by atoms with Crippen LogP contribution in [-0.2, 0) is 9.59 Å². The van der Waals surface area contributed by atoms with Crippen LogP contribution in [0.1, 0.15) is 13.8 Å². The average Bonchev–Trinajstić information content (AvgIpc) is 2.42. The summed E-state index contributed by atoms with van der Waals surface area (Å²) in [7, 11) is 0. The zero-order valence-electron chi connectivity index (χ0n) is 11.3. The molecule has 1 atom stereocenters. The fourth-order valence-electron chi connectivity index (χ4n) is 2.14. The second-order valence-corrected chi connectivity index (χ2v) is 4.70. The Hall–Kier alpha value is -1.88. The van der Waals surface area contributed by atoms with Crippen LogP contribution < -0.4 is 15.5 Å². The van der Waals surface area contributed by atoms with Gasteiger partial charge >= 0.3 is 0 Å². The lowest BCUT2D eigenvalue weighted by Gasteiger charge is -2.31. The summed E-state index contributed by atoms with van der Waals surface area (Å²) in [6, 6.07) is 7.37. The van der Waals surface area contributed by atoms with Gasteiger partial charge in [-0.2, -0.15) is 0 Å². The summed E-state index contributed by atoms with van der Waals surface area (Å²) >= 11 is 0. The van der Waals surface area contributed by atoms with Crippen LogP contribution in [0.25, 0.3) is 0 Å². The summed E-state index contributed by atoms with van der Waals surface area (Å²) in [5.41, 5.74) is 1.47. The van der Waals surface area contributed by atoms with Crippen molar-refractivity contribution in [3.8, 4) is 0 Å². The average molecular weight is 261 g/mol. The molecule has 0 saturated heterocycles. The van der Waals surface area contributed by atoms with Crippen LogP contribution in [0.15, 0.2) is 24.3 Å². The third-order valence-corrected chi connectivity index (χ3v) is 3.16. The quantitative estimate of drug-likeness (QED) is 0.856. The smallest absolute Gasteiger partial charge is 0.244 e. The molecule has 5 nitrogen and oxygen atoms in total. The van der Waals surface area contributed by atoms with Gasteiger partial charge in [0.05, 0.1) is 11.4 Å². The van der Waals surface area contributed by atoms with E-state index in [4.69, 9.17) is 0 Å². The highest BCUT2D eigenvalue weighted by atomic mass is 16.2. The van der Waals surface area contributed by atoms with Crippen LogP contribution in [0, 0.1) is 5.92 Å². The molecule has 1 aliphatic rings. The van der Waals surface area contributed by atoms with E-state index < -0.39 is 0 Å². The predicted octanol–water partition coefficient (Wildman–Crippen LogP) is 1.22. The van der Waals surface area contributed by atoms with Crippen LogP contribution in [0.4, 0.5) is 11.4 Å². The molecule has 0 bridgehead atoms. The van der Waals surface area contributed by atoms with E-state index in [9.17, 15) is 9.59 Å². The maximum absolute atomic E-state index is 12.4. The minimum absolute atomic E-state index is 0.0248. The molecular weight excluding hydrogens is 242 g/mol. The van der Waals surface area contributed by atoms with E-state index in [-0.39, 0.29) is 24.3 Å². The number of para-hydroxylation sites is 2. The molecule has 0 radical (unpaired) electrons. The van der Waals surface area contributed by atoms with Crippen LogP contribution in [0.3, 0.4) is 0 Å². The second kappa shape index (κ2) is 5.84. The maximum Gasteiger partial charge on any atom is 0.244 e. The summed E-state index contributed by atoms with van der Waals surface area (Å²) in [6.45, 7) is 5.41. The first-order chi connectivity index (χ1) is 9.13. The number of nitrogens with zero attached hydrogens (tertiary/aromatic N) is 1. The van der Waals surface area contributed by atoms with Gasteiger partial charge in [-0.1, -0.05) is 26.0 Å². The standard InChI is InChI=1S/C14H19N3O2/c1-3-15-8-10(2)14(19)17-9-13(18)16-11-6-4-5-7-12(11)17/h4-7,10,15H,3,8-9H2,1-2H3,(H,16,18). The van der Waals surface area contributed by atoms with Crippen LogP contribution in [0.5, 0.6) is 0 Å². The van der Waals surface area contributed by atoms with Gasteiger partial charge < -0.3 is 15.5 Å². The molecule has 19 heavy (non-hydrogen) atoms. The molecular formula is C14H19N3O2. The fourth-order valence-corrected chi connectivity index (χ4v) is 2.14. The first-order valence-electron chi connectivity index (χ1n) is 6.54. The zero-order chi connectivity index (χ0) is 13.8. The Labute approximate surface area is 113 Å². The molecule has 0 spiro atoms. The predicted molar refractivity (Wildman–Crippen MR) is 75.1 cm³/mol. The Kier molecular flexibility index (Phi) is 4.16. The summed E-state index contributed by atoms with van der Waals surface area (Å²) in [6.07, 6.45) is 0. The molecule has 1 unspecified atom stereocenters. The maximum atomic E-state index is 12.4. The number of hydrogen-bond acceptors (Lipinski definition) is 3. The van der Waals surface area contributed by atoms with Crippen LogP contribution in [-0.4, -0.2) is 31.4 Å². The van der Waals surface area contributed by atoms with E-state index in [0.717, 1.165) is 12.2 Å². The Morgan fingerprint density at radius 2 is 2.21 bits per heavy atom. The van der Waals surface area contributed by atoms with Crippen molar-refractivity contribution in [2.24, 2.45) is 5.92 Å². The van der Waals surface area contributed by atoms with E-state index in [0.29, 0.717) is 12.2 Å². The van der Waals surface area contributed by atoms with E-state index in [2.05, 4.69) is 10.6 Å². The number of carbonyl (C=O) groups excluding carboxylic acids is 2. The Bertz CT molecular complexity index is 487. The molecule has 1 aromatic carbocycles. The number of benzene rings is 1. The summed E-state index contributed by atoms with van der Waals surface area (Å²) in [5.74, 6) is -0.329. The number of rotatable bonds is 4. The largest absolute Gasteiger partial charge is 0.323 e. The third kappa shape index (κ3) is 2.93. The van der Waals surface area contributed by atoms with Gasteiger partial charge in [-0.3, -0.25) is 9.59 Å². The van der Waals surface area contributed by atoms with Gasteiger partial charge in [0.1, 0.15) is 6.54 Å². The summed E-state index contributed by atoms with van der Waals surface area (Å²) in [5, 5.41) is 5.93. The van der Waals surface area contributed by atoms with Crippen molar-refractivity contribution < 1.29 is 9.59 Å². The van der Waals surface area contributed by atoms with Gasteiger partial charge in [0.15, 0.2) is 0 Å². The van der Waals surface area contributed by atoms with Crippen LogP contribution >= 0.6 is 0 Å². The van der Waals surface area contributed by atoms with E-state index in [1.807, 2.05) is 38.1 Å². The molecule has 0 saturated carbocycles. The second-order valence-electron chi connectivity index (χ2n) is 4.70. The van der Waals surface area contributed by atoms with Crippen molar-refractivity contribution in [2.45, 2.75) is 13.8 Å². The summed E-state index contributed by atoms with van der Waals surface area (Å²) < 4.78 is 0. The van der Waals surface area contributed by atoms with Crippen molar-refractivity contribution in [3.05, 3.63) is 24.3 Å². The highest BCUT2D eigenvalue weighted by Crippen LogP contribution is 2.29. The van der Waals surface area contributed by atoms with Crippen molar-refractivity contribution in [1.82, 2.24) is 5.32 Å². The highest BCUT2D eigenvalue weighted by Gasteiger charge is 2.29. The van der Waals surface area contributed by atoms with Gasteiger partial charge in [0, 0.05) is 12.5 Å². The summed E-state index contributed by atoms with van der Waals surface area (Å²) in [4.78, 5) is 25.6. The minimum Gasteiger partial charge on any atom is -0.323 e. The fraction of sp³-hybridized carbons (Fsp3) is 0.429. The first-order valence-corrected chi connectivity index (χ1v) is 6.54. The molecule has 1 heterocycles. The third-order valence-electron chi connectivity index (χ3n) is 3.16. The van der Waals surface area contributed by atoms with Gasteiger partial charge in [-0.05, 0) is 18.7 Å². The number of carbonyl (C=O) groups is 2. The monoisotopic (exact) mass is 261 g/mol. The minimum atomic E-state index is -0.154. The van der Waals surface area contributed by atoms with Crippen molar-refractivity contribution in [2.75, 3.05) is 29.9 Å². The molecule has 2 rings (SSSR count). The lowest BCUT2D eigenvalue weighted by molar-refractivity contribution is -0.124. The Morgan fingerprint density at radius 3 is 2.95 bits per heavy atom. The molecule has 2 N–H and O–H groups in total. The zero-order valence-corrected chi connectivity index (χ0v) is 11.3. The number of amides is 2. The van der Waals surface area contributed by atoms with Gasteiger partial charge in [0.2, 0.25) is 11.8 Å². The van der Waals surface area contributed by atoms with Gasteiger partial charge in [-0.25, -0.2) is 0 Å². The molecule has 5 heteroatoms. The normalized spacial score (nSPS) is 15.7. The SMILES string of the molecule is CCNCC(C)C(=O)N1CC(=O)Nc2ccccc21. The van der Waals surface area contributed by atoms with Crippen molar-refractivity contribution in [1.29, 1.82) is 0 Å². The van der Waals surface area contributed by atoms with E-state index in [1.54, 1.807) is 4.90 Å². The topological polar surface area (TPSA) is 61.4 Å². The lowest BCUT2D eigenvalue weighted by atomic mass is 10.1. The molecule has 102 valence electrons. The molecule has 1 aliphatic heterocycles. The Morgan fingerprint density at radius 1 is 1.47 bits per heavy atom. The van der Waals surface area contributed by atoms with Crippen LogP contribution in [0.2, 0.25) is 0 Å². The number of anilines is 2. The number of nitrogens with one attached hydrogen (secondary N) is 2. The number of fused-ring (bicyclic) bond motifs is 1. The highest BCUT2D eigenvalue weighted by molar-refractivity contribution is 6.10. The number of hydrogen-bond donors (Lipinski definition) is 2. The van der Waals surface area contributed by atoms with Gasteiger partial charge in [-0.15, -0.1) is 0 Å². The molecule has 0 aromatic heterocycles. The van der Waals surface area contributed by atoms with Crippen molar-refractivity contribution in [3.63, 3.8) is 0 Å². The van der Waals surface area contributed by atoms with Gasteiger partial charge in [0.25, 0.3) is 0 Å². The Balaban J connectivity index is 2.20. The van der Waals surface area contributed by atoms with E-state index >= 15 is 0 Å². The van der Waals surface area contributed by atoms with E-state index in [1.165, 1.54) is 0 Å². The van der Waals surface area contributed by atoms with Crippen molar-refractivity contribution >= 4 is 23.2 Å².